The maximum Gasteiger partial charge on any atom is 0.573 e. The normalized spacial score (nSPS) is 18.4. The second-order valence-electron chi connectivity index (χ2n) is 9.72. The number of anilines is 1. The fraction of sp³-hybridized carbons (Fsp3) is 0.379. The molecule has 0 spiro atoms. The van der Waals surface area contributed by atoms with E-state index < -0.39 is 41.9 Å². The van der Waals surface area contributed by atoms with E-state index in [4.69, 9.17) is 4.74 Å². The monoisotopic (exact) mass is 557 g/mol. The van der Waals surface area contributed by atoms with Crippen LogP contribution in [0.3, 0.4) is 0 Å². The number of Topliss-reactive ketones (excluding diaryl/α,β-unsaturated/α-hetero) is 1. The molecule has 1 aliphatic heterocycles. The Bertz CT molecular complexity index is 1310. The van der Waals surface area contributed by atoms with Crippen LogP contribution in [0.5, 0.6) is 5.75 Å². The third-order valence-electron chi connectivity index (χ3n) is 6.75. The minimum Gasteiger partial charge on any atom is -0.406 e. The van der Waals surface area contributed by atoms with Gasteiger partial charge in [-0.2, -0.15) is 5.10 Å². The van der Waals surface area contributed by atoms with Crippen molar-refractivity contribution in [2.45, 2.75) is 51.6 Å². The van der Waals surface area contributed by atoms with Gasteiger partial charge < -0.3 is 14.6 Å². The molecular formula is C29H30F3N3O5. The molecule has 2 aromatic carbocycles. The predicted molar refractivity (Wildman–Crippen MR) is 140 cm³/mol. The lowest BCUT2D eigenvalue weighted by molar-refractivity contribution is -0.274. The first-order valence-corrected chi connectivity index (χ1v) is 12.9. The maximum absolute atomic E-state index is 13.4. The molecule has 0 bridgehead atoms. The number of hydrogen-bond donors (Lipinski definition) is 1. The Morgan fingerprint density at radius 1 is 0.950 bits per heavy atom. The van der Waals surface area contributed by atoms with Crippen molar-refractivity contribution >= 4 is 17.5 Å². The standard InChI is InChI=1S/C29H30F3N3O5/c1-4-39-16-15-21-11-14-23(34-33-21)35-25(19-9-12-22(13-10-19)40-29(30,31)32)24(27(37)28(35)38)26(36)20-7-5-18(6-8-20)17(2)3/h5-14,17,24-26,36H,4,15-16H2,1-3H3. The van der Waals surface area contributed by atoms with Crippen LogP contribution in [0.15, 0.2) is 60.7 Å². The molecule has 1 saturated heterocycles. The summed E-state index contributed by atoms with van der Waals surface area (Å²) in [4.78, 5) is 27.8. The van der Waals surface area contributed by atoms with E-state index in [1.165, 1.54) is 12.1 Å². The van der Waals surface area contributed by atoms with E-state index in [-0.39, 0.29) is 11.7 Å². The largest absolute Gasteiger partial charge is 0.573 e. The van der Waals surface area contributed by atoms with Crippen molar-refractivity contribution in [1.82, 2.24) is 10.2 Å². The molecule has 1 N–H and O–H groups in total. The van der Waals surface area contributed by atoms with Gasteiger partial charge in [-0.05, 0) is 53.8 Å². The van der Waals surface area contributed by atoms with Crippen molar-refractivity contribution in [2.24, 2.45) is 5.92 Å². The third-order valence-corrected chi connectivity index (χ3v) is 6.75. The molecule has 0 aliphatic carbocycles. The van der Waals surface area contributed by atoms with E-state index in [2.05, 4.69) is 14.9 Å². The number of aliphatic hydroxyl groups is 1. The number of nitrogens with zero attached hydrogens (tertiary/aromatic N) is 3. The Labute approximate surface area is 229 Å². The molecule has 3 aromatic rings. The number of aliphatic hydroxyl groups excluding tert-OH is 1. The first-order valence-electron chi connectivity index (χ1n) is 12.9. The number of amides is 1. The van der Waals surface area contributed by atoms with Crippen LogP contribution in [0.2, 0.25) is 0 Å². The van der Waals surface area contributed by atoms with Crippen LogP contribution in [0.1, 0.15) is 61.2 Å². The summed E-state index contributed by atoms with van der Waals surface area (Å²) in [6, 6.07) is 14.1. The summed E-state index contributed by atoms with van der Waals surface area (Å²) in [7, 11) is 0. The first-order chi connectivity index (χ1) is 19.0. The van der Waals surface area contributed by atoms with Gasteiger partial charge in [-0.1, -0.05) is 50.2 Å². The summed E-state index contributed by atoms with van der Waals surface area (Å²) in [6.45, 7) is 6.90. The minimum absolute atomic E-state index is 0.0731. The molecule has 3 atom stereocenters. The highest BCUT2D eigenvalue weighted by molar-refractivity contribution is 6.44. The molecule has 1 aromatic heterocycles. The number of carbonyl (C=O) groups excluding carboxylic acids is 2. The van der Waals surface area contributed by atoms with Crippen LogP contribution >= 0.6 is 0 Å². The molecule has 4 rings (SSSR count). The van der Waals surface area contributed by atoms with Crippen molar-refractivity contribution in [2.75, 3.05) is 18.1 Å². The second-order valence-corrected chi connectivity index (χ2v) is 9.72. The molecule has 0 saturated carbocycles. The average Bonchev–Trinajstić information content (AvgIpc) is 3.18. The number of hydrogen-bond acceptors (Lipinski definition) is 7. The molecule has 212 valence electrons. The molecule has 11 heteroatoms. The van der Waals surface area contributed by atoms with Crippen molar-refractivity contribution in [3.63, 3.8) is 0 Å². The Morgan fingerprint density at radius 3 is 2.15 bits per heavy atom. The van der Waals surface area contributed by atoms with Gasteiger partial charge in [-0.3, -0.25) is 14.5 Å². The number of aromatic nitrogens is 2. The number of rotatable bonds is 10. The fourth-order valence-electron chi connectivity index (χ4n) is 4.70. The van der Waals surface area contributed by atoms with Crippen LogP contribution in [-0.2, 0) is 20.7 Å². The lowest BCUT2D eigenvalue weighted by Crippen LogP contribution is -2.31. The van der Waals surface area contributed by atoms with Crippen molar-refractivity contribution in [1.29, 1.82) is 0 Å². The number of halogens is 3. The van der Waals surface area contributed by atoms with Gasteiger partial charge >= 0.3 is 6.36 Å². The summed E-state index contributed by atoms with van der Waals surface area (Å²) >= 11 is 0. The van der Waals surface area contributed by atoms with Gasteiger partial charge in [0.15, 0.2) is 5.82 Å². The zero-order valence-electron chi connectivity index (χ0n) is 22.3. The number of alkyl halides is 3. The van der Waals surface area contributed by atoms with Gasteiger partial charge in [0.1, 0.15) is 5.75 Å². The molecule has 1 aliphatic rings. The third kappa shape index (κ3) is 6.48. The van der Waals surface area contributed by atoms with E-state index >= 15 is 0 Å². The molecule has 2 heterocycles. The summed E-state index contributed by atoms with van der Waals surface area (Å²) in [5.41, 5.74) is 2.39. The zero-order valence-corrected chi connectivity index (χ0v) is 22.3. The summed E-state index contributed by atoms with van der Waals surface area (Å²) in [6.07, 6.45) is -5.77. The maximum atomic E-state index is 13.4. The Balaban J connectivity index is 1.72. The van der Waals surface area contributed by atoms with Gasteiger partial charge in [0.2, 0.25) is 5.78 Å². The molecule has 1 fully saturated rings. The highest BCUT2D eigenvalue weighted by Crippen LogP contribution is 2.45. The lowest BCUT2D eigenvalue weighted by Gasteiger charge is -2.29. The van der Waals surface area contributed by atoms with Crippen molar-refractivity contribution in [3.05, 3.63) is 83.0 Å². The molecule has 1 amide bonds. The summed E-state index contributed by atoms with van der Waals surface area (Å²) in [5, 5.41) is 19.7. The molecule has 8 nitrogen and oxygen atoms in total. The lowest BCUT2D eigenvalue weighted by atomic mass is 9.84. The minimum atomic E-state index is -4.88. The Kier molecular flexibility index (Phi) is 8.85. The smallest absolute Gasteiger partial charge is 0.406 e. The number of ketones is 1. The van der Waals surface area contributed by atoms with Crippen LogP contribution in [-0.4, -0.2) is 46.6 Å². The molecular weight excluding hydrogens is 527 g/mol. The van der Waals surface area contributed by atoms with Gasteiger partial charge in [-0.25, -0.2) is 0 Å². The highest BCUT2D eigenvalue weighted by Gasteiger charge is 2.52. The topological polar surface area (TPSA) is 102 Å². The highest BCUT2D eigenvalue weighted by atomic mass is 19.4. The van der Waals surface area contributed by atoms with E-state index in [9.17, 15) is 27.9 Å². The van der Waals surface area contributed by atoms with E-state index in [0.717, 1.165) is 22.6 Å². The van der Waals surface area contributed by atoms with Crippen molar-refractivity contribution < 1.29 is 37.3 Å². The van der Waals surface area contributed by atoms with Crippen molar-refractivity contribution in [3.8, 4) is 5.75 Å². The van der Waals surface area contributed by atoms with Crippen LogP contribution in [0.4, 0.5) is 19.0 Å². The first kappa shape index (κ1) is 29.2. The SMILES string of the molecule is CCOCCc1ccc(N2C(=O)C(=O)C(C(O)c3ccc(C(C)C)cc3)C2c2ccc(OC(F)(F)F)cc2)nn1. The van der Waals surface area contributed by atoms with Crippen LogP contribution in [0.25, 0.3) is 0 Å². The summed E-state index contributed by atoms with van der Waals surface area (Å²) in [5.74, 6) is -3.15. The molecule has 0 radical (unpaired) electrons. The van der Waals surface area contributed by atoms with Crippen LogP contribution < -0.4 is 9.64 Å². The van der Waals surface area contributed by atoms with Gasteiger partial charge in [0, 0.05) is 13.0 Å². The van der Waals surface area contributed by atoms with E-state index in [1.54, 1.807) is 24.3 Å². The Morgan fingerprint density at radius 2 is 1.60 bits per heavy atom. The fourth-order valence-corrected chi connectivity index (χ4v) is 4.70. The number of benzene rings is 2. The van der Waals surface area contributed by atoms with Gasteiger partial charge in [0.05, 0.1) is 30.4 Å². The molecule has 3 unspecified atom stereocenters. The quantitative estimate of drug-likeness (QED) is 0.274. The second kappa shape index (κ2) is 12.1. The molecule has 40 heavy (non-hydrogen) atoms. The van der Waals surface area contributed by atoms with Crippen LogP contribution in [0, 0.1) is 5.92 Å². The predicted octanol–water partition coefficient (Wildman–Crippen LogP) is 5.08. The Hall–Kier alpha value is -3.83. The summed E-state index contributed by atoms with van der Waals surface area (Å²) < 4.78 is 47.5. The number of carbonyl (C=O) groups is 2. The van der Waals surface area contributed by atoms with E-state index in [1.807, 2.05) is 32.9 Å². The van der Waals surface area contributed by atoms with Gasteiger partial charge in [0.25, 0.3) is 5.91 Å². The number of ether oxygens (including phenoxy) is 2. The van der Waals surface area contributed by atoms with E-state index in [0.29, 0.717) is 36.5 Å². The zero-order chi connectivity index (χ0) is 29.0. The van der Waals surface area contributed by atoms with Gasteiger partial charge in [-0.15, -0.1) is 18.3 Å². The average molecular weight is 558 g/mol.